The van der Waals surface area contributed by atoms with Crippen LogP contribution in [0.15, 0.2) is 0 Å². The van der Waals surface area contributed by atoms with Crippen molar-refractivity contribution in [3.63, 3.8) is 0 Å². The zero-order valence-electron chi connectivity index (χ0n) is 2.20. The van der Waals surface area contributed by atoms with E-state index < -0.39 is 7.82 Å². The van der Waals surface area contributed by atoms with Crippen LogP contribution in [0.5, 0.6) is 0 Å². The van der Waals surface area contributed by atoms with E-state index in [-0.39, 0.29) is 39.6 Å². The average molecular weight is 243 g/mol. The van der Waals surface area contributed by atoms with Gasteiger partial charge in [0.05, 0.1) is 0 Å². The Morgan fingerprint density at radius 2 is 1.00 bits per heavy atom. The van der Waals surface area contributed by atoms with Crippen LogP contribution >= 0.6 is 7.82 Å². The Morgan fingerprint density at radius 1 is 1.00 bits per heavy atom. The van der Waals surface area contributed by atoms with Gasteiger partial charge in [0, 0.05) is 0 Å². The maximum atomic E-state index is 8.88. The first-order chi connectivity index (χ1) is 2.00. The van der Waals surface area contributed by atoms with Crippen LogP contribution in [0, 0.1) is 0 Å². The molecule has 0 aromatic carbocycles. The number of rotatable bonds is 0. The van der Waals surface area contributed by atoms with Crippen LogP contribution in [-0.4, -0.2) is 54.3 Å². The normalized spacial score (nSPS) is 8.43. The van der Waals surface area contributed by atoms with Gasteiger partial charge in [-0.25, -0.2) is 4.57 Å². The summed E-state index contributed by atoms with van der Waals surface area (Å²) < 4.78 is 8.88. The van der Waals surface area contributed by atoms with Gasteiger partial charge in [-0.15, -0.1) is 0 Å². The molecule has 0 heterocycles. The molecular formula is H9Ga2O4P. The number of phosphoric acid groups is 1. The fourth-order valence-corrected chi connectivity index (χ4v) is 0. The van der Waals surface area contributed by atoms with Crippen LogP contribution in [0.1, 0.15) is 0 Å². The third-order valence-electron chi connectivity index (χ3n) is 0. The number of hydrogen-bond donors (Lipinski definition) is 3. The van der Waals surface area contributed by atoms with Gasteiger partial charge in [0.2, 0.25) is 0 Å². The quantitative estimate of drug-likeness (QED) is 0.308. The summed E-state index contributed by atoms with van der Waals surface area (Å²) in [7, 11) is -4.64. The predicted molar refractivity (Wildman–Crippen MR) is 34.1 cm³/mol. The average Bonchev–Trinajstić information content (AvgIpc) is 0.722. The monoisotopic (exact) mass is 242 g/mol. The van der Waals surface area contributed by atoms with Gasteiger partial charge >= 0.3 is 47.4 Å². The van der Waals surface area contributed by atoms with E-state index in [1.807, 2.05) is 0 Å². The first-order valence-corrected chi connectivity index (χ1v) is 2.35. The second kappa shape index (κ2) is 5.52. The molecule has 0 bridgehead atoms. The third-order valence-corrected chi connectivity index (χ3v) is 0. The van der Waals surface area contributed by atoms with Gasteiger partial charge in [0.15, 0.2) is 0 Å². The van der Waals surface area contributed by atoms with E-state index in [1.54, 1.807) is 0 Å². The van der Waals surface area contributed by atoms with Gasteiger partial charge in [-0.1, -0.05) is 0 Å². The first-order valence-electron chi connectivity index (χ1n) is 0.783. The topological polar surface area (TPSA) is 77.8 Å². The van der Waals surface area contributed by atoms with Gasteiger partial charge in [-0.2, -0.15) is 0 Å². The summed E-state index contributed by atoms with van der Waals surface area (Å²) in [6.07, 6.45) is 0. The zero-order valence-corrected chi connectivity index (χ0v) is 3.09. The molecule has 0 aromatic heterocycles. The Labute approximate surface area is 66.7 Å². The summed E-state index contributed by atoms with van der Waals surface area (Å²) >= 11 is 0. The molecular weight excluding hydrogens is 234 g/mol. The molecule has 0 unspecified atom stereocenters. The third kappa shape index (κ3) is 112. The van der Waals surface area contributed by atoms with Crippen molar-refractivity contribution in [3.8, 4) is 0 Å². The summed E-state index contributed by atoms with van der Waals surface area (Å²) in [5.41, 5.74) is 0. The molecule has 3 N–H and O–H groups in total. The molecule has 0 radical (unpaired) electrons. The Hall–Kier alpha value is 1.38. The Bertz CT molecular complexity index is 55.8. The molecule has 0 rings (SSSR count). The van der Waals surface area contributed by atoms with Crippen LogP contribution in [0.25, 0.3) is 0 Å². The SMILES string of the molecule is O=P(O)(O)O.[GaH3].[GaH3]. The Kier molecular flexibility index (Phi) is 12.4. The van der Waals surface area contributed by atoms with Gasteiger partial charge in [0.25, 0.3) is 0 Å². The van der Waals surface area contributed by atoms with Crippen molar-refractivity contribution in [3.05, 3.63) is 0 Å². The summed E-state index contributed by atoms with van der Waals surface area (Å²) in [6.45, 7) is 0. The molecule has 44 valence electrons. The van der Waals surface area contributed by atoms with Crippen LogP contribution in [0.3, 0.4) is 0 Å². The second-order valence-electron chi connectivity index (χ2n) is 0.513. The molecule has 4 nitrogen and oxygen atoms in total. The summed E-state index contributed by atoms with van der Waals surface area (Å²) in [5, 5.41) is 0. The Morgan fingerprint density at radius 3 is 1.00 bits per heavy atom. The van der Waals surface area contributed by atoms with Crippen molar-refractivity contribution in [1.82, 2.24) is 0 Å². The minimum absolute atomic E-state index is 0. The molecule has 0 amide bonds. The minimum atomic E-state index is -4.64. The molecule has 0 atom stereocenters. The zero-order chi connectivity index (χ0) is 4.50. The molecule has 0 spiro atoms. The van der Waals surface area contributed by atoms with E-state index in [2.05, 4.69) is 0 Å². The van der Waals surface area contributed by atoms with Crippen molar-refractivity contribution in [2.24, 2.45) is 0 Å². The van der Waals surface area contributed by atoms with E-state index >= 15 is 0 Å². The van der Waals surface area contributed by atoms with Crippen LogP contribution in [0.4, 0.5) is 0 Å². The Balaban J connectivity index is -0.0000000800. The fourth-order valence-electron chi connectivity index (χ4n) is 0. The van der Waals surface area contributed by atoms with Gasteiger partial charge in [-0.05, 0) is 0 Å². The fraction of sp³-hybridized carbons (Fsp3) is 0. The molecule has 0 fully saturated rings. The van der Waals surface area contributed by atoms with Crippen molar-refractivity contribution < 1.29 is 19.2 Å². The van der Waals surface area contributed by atoms with Crippen LogP contribution in [-0.2, 0) is 4.57 Å². The van der Waals surface area contributed by atoms with Crippen molar-refractivity contribution >= 4 is 47.4 Å². The van der Waals surface area contributed by atoms with E-state index in [0.29, 0.717) is 0 Å². The number of hydrogen-bond acceptors (Lipinski definition) is 1. The van der Waals surface area contributed by atoms with Crippen molar-refractivity contribution in [2.45, 2.75) is 0 Å². The molecule has 7 heavy (non-hydrogen) atoms. The van der Waals surface area contributed by atoms with Crippen LogP contribution < -0.4 is 0 Å². The molecule has 0 aliphatic carbocycles. The predicted octanol–water partition coefficient (Wildman–Crippen LogP) is -3.30. The van der Waals surface area contributed by atoms with E-state index in [9.17, 15) is 0 Å². The maximum absolute atomic E-state index is 8.88. The van der Waals surface area contributed by atoms with Crippen molar-refractivity contribution in [2.75, 3.05) is 0 Å². The van der Waals surface area contributed by atoms with Crippen LogP contribution in [0.2, 0.25) is 0 Å². The molecule has 0 aliphatic rings. The molecule has 0 saturated heterocycles. The standard InChI is InChI=1S/2Ga.H3O4P.6H/c;;1-5(2,3)4;;;;;;/h;;(H3,1,2,3,4);;;;;;. The van der Waals surface area contributed by atoms with E-state index in [4.69, 9.17) is 19.2 Å². The van der Waals surface area contributed by atoms with Crippen molar-refractivity contribution in [1.29, 1.82) is 0 Å². The summed E-state index contributed by atoms with van der Waals surface area (Å²) in [6, 6.07) is 0. The summed E-state index contributed by atoms with van der Waals surface area (Å²) in [5.74, 6) is 0. The van der Waals surface area contributed by atoms with Gasteiger partial charge in [0.1, 0.15) is 0 Å². The first kappa shape index (κ1) is 15.8. The van der Waals surface area contributed by atoms with Gasteiger partial charge in [-0.3, -0.25) is 0 Å². The summed E-state index contributed by atoms with van der Waals surface area (Å²) in [4.78, 5) is 21.6. The second-order valence-corrected chi connectivity index (χ2v) is 1.54. The van der Waals surface area contributed by atoms with Gasteiger partial charge < -0.3 is 14.7 Å². The van der Waals surface area contributed by atoms with E-state index in [0.717, 1.165) is 0 Å². The molecule has 7 heteroatoms. The van der Waals surface area contributed by atoms with E-state index in [1.165, 1.54) is 0 Å². The molecule has 0 aliphatic heterocycles. The molecule has 0 aromatic rings. The molecule has 0 saturated carbocycles.